The molecule has 0 atom stereocenters. The maximum atomic E-state index is 14.2. The van der Waals surface area contributed by atoms with Crippen LogP contribution in [-0.4, -0.2) is 43.8 Å². The summed E-state index contributed by atoms with van der Waals surface area (Å²) in [6, 6.07) is 8.75. The SMILES string of the molecule is N#Cc1cc(F)c(N2CCN(C(=O)c3ccc4c(c3)OCO4)CC2)c(F)c1. The first-order valence-corrected chi connectivity index (χ1v) is 8.40. The van der Waals surface area contributed by atoms with E-state index in [1.165, 1.54) is 0 Å². The van der Waals surface area contributed by atoms with E-state index in [2.05, 4.69) is 0 Å². The van der Waals surface area contributed by atoms with Crippen molar-refractivity contribution in [2.45, 2.75) is 0 Å². The van der Waals surface area contributed by atoms with Gasteiger partial charge in [-0.2, -0.15) is 5.26 Å². The Morgan fingerprint density at radius 3 is 2.33 bits per heavy atom. The molecule has 2 aliphatic rings. The summed E-state index contributed by atoms with van der Waals surface area (Å²) in [4.78, 5) is 15.9. The first-order chi connectivity index (χ1) is 13.1. The molecular formula is C19H15F2N3O3. The average molecular weight is 371 g/mol. The molecule has 2 aromatic carbocycles. The molecule has 8 heteroatoms. The highest BCUT2D eigenvalue weighted by atomic mass is 19.1. The summed E-state index contributed by atoms with van der Waals surface area (Å²) in [5.74, 6) is -0.595. The van der Waals surface area contributed by atoms with E-state index >= 15 is 0 Å². The number of amides is 1. The van der Waals surface area contributed by atoms with Crippen LogP contribution in [0.25, 0.3) is 0 Å². The van der Waals surface area contributed by atoms with Crippen molar-refractivity contribution in [3.8, 4) is 17.6 Å². The van der Waals surface area contributed by atoms with E-state index in [0.29, 0.717) is 30.2 Å². The van der Waals surface area contributed by atoms with Gasteiger partial charge in [-0.25, -0.2) is 8.78 Å². The Balaban J connectivity index is 1.46. The summed E-state index contributed by atoms with van der Waals surface area (Å²) < 4.78 is 38.9. The maximum absolute atomic E-state index is 14.2. The summed E-state index contributed by atoms with van der Waals surface area (Å²) in [6.07, 6.45) is 0. The third-order valence-corrected chi connectivity index (χ3v) is 4.65. The molecule has 2 aromatic rings. The van der Waals surface area contributed by atoms with E-state index in [0.717, 1.165) is 12.1 Å². The number of hydrogen-bond donors (Lipinski definition) is 0. The van der Waals surface area contributed by atoms with Crippen LogP contribution in [0.4, 0.5) is 14.5 Å². The molecule has 1 amide bonds. The smallest absolute Gasteiger partial charge is 0.254 e. The molecule has 27 heavy (non-hydrogen) atoms. The normalized spacial score (nSPS) is 15.6. The Morgan fingerprint density at radius 1 is 1.00 bits per heavy atom. The molecule has 0 N–H and O–H groups in total. The zero-order chi connectivity index (χ0) is 19.0. The minimum Gasteiger partial charge on any atom is -0.454 e. The Morgan fingerprint density at radius 2 is 1.67 bits per heavy atom. The molecule has 0 saturated carbocycles. The van der Waals surface area contributed by atoms with E-state index < -0.39 is 11.6 Å². The Labute approximate surface area is 154 Å². The molecule has 138 valence electrons. The number of nitrogens with zero attached hydrogens (tertiary/aromatic N) is 3. The average Bonchev–Trinajstić information content (AvgIpc) is 3.15. The van der Waals surface area contributed by atoms with E-state index in [4.69, 9.17) is 14.7 Å². The van der Waals surface area contributed by atoms with Gasteiger partial charge in [-0.3, -0.25) is 4.79 Å². The lowest BCUT2D eigenvalue weighted by atomic mass is 10.1. The number of ether oxygens (including phenoxy) is 2. The maximum Gasteiger partial charge on any atom is 0.254 e. The van der Waals surface area contributed by atoms with E-state index in [1.807, 2.05) is 0 Å². The third kappa shape index (κ3) is 3.12. The standard InChI is InChI=1S/C19H15F2N3O3/c20-14-7-12(10-22)8-15(21)18(14)23-3-5-24(6-4-23)19(25)13-1-2-16-17(9-13)27-11-26-16/h1-2,7-9H,3-6,11H2. The number of anilines is 1. The van der Waals surface area contributed by atoms with Crippen LogP contribution in [0.15, 0.2) is 30.3 Å². The second-order valence-corrected chi connectivity index (χ2v) is 6.25. The van der Waals surface area contributed by atoms with Crippen LogP contribution in [0.5, 0.6) is 11.5 Å². The van der Waals surface area contributed by atoms with Gasteiger partial charge in [-0.1, -0.05) is 0 Å². The highest BCUT2D eigenvalue weighted by Gasteiger charge is 2.27. The molecule has 0 spiro atoms. The minimum absolute atomic E-state index is 0.0645. The zero-order valence-corrected chi connectivity index (χ0v) is 14.2. The van der Waals surface area contributed by atoms with Crippen molar-refractivity contribution in [2.24, 2.45) is 0 Å². The number of fused-ring (bicyclic) bond motifs is 1. The van der Waals surface area contributed by atoms with Gasteiger partial charge in [0, 0.05) is 31.7 Å². The van der Waals surface area contributed by atoms with Crippen LogP contribution >= 0.6 is 0 Å². The third-order valence-electron chi connectivity index (χ3n) is 4.65. The molecule has 4 rings (SSSR count). The van der Waals surface area contributed by atoms with Crippen LogP contribution in [0.2, 0.25) is 0 Å². The predicted molar refractivity (Wildman–Crippen MR) is 91.8 cm³/mol. The number of piperazine rings is 1. The summed E-state index contributed by atoms with van der Waals surface area (Å²) in [5, 5.41) is 8.79. The molecule has 0 unspecified atom stereocenters. The van der Waals surface area contributed by atoms with Gasteiger partial charge in [-0.05, 0) is 30.3 Å². The molecule has 2 aliphatic heterocycles. The number of nitriles is 1. The van der Waals surface area contributed by atoms with Crippen molar-refractivity contribution in [1.82, 2.24) is 4.90 Å². The van der Waals surface area contributed by atoms with Gasteiger partial charge in [0.25, 0.3) is 5.91 Å². The van der Waals surface area contributed by atoms with Crippen LogP contribution in [-0.2, 0) is 0 Å². The molecule has 1 fully saturated rings. The van der Waals surface area contributed by atoms with Crippen molar-refractivity contribution in [3.05, 3.63) is 53.1 Å². The number of carbonyl (C=O) groups excluding carboxylic acids is 1. The van der Waals surface area contributed by atoms with Crippen LogP contribution in [0.3, 0.4) is 0 Å². The Kier molecular flexibility index (Phi) is 4.28. The van der Waals surface area contributed by atoms with E-state index in [9.17, 15) is 13.6 Å². The van der Waals surface area contributed by atoms with Gasteiger partial charge in [0.05, 0.1) is 11.6 Å². The van der Waals surface area contributed by atoms with Crippen molar-refractivity contribution in [3.63, 3.8) is 0 Å². The van der Waals surface area contributed by atoms with Crippen molar-refractivity contribution in [1.29, 1.82) is 5.26 Å². The molecule has 0 aromatic heterocycles. The first kappa shape index (κ1) is 17.1. The molecule has 6 nitrogen and oxygen atoms in total. The number of benzene rings is 2. The van der Waals surface area contributed by atoms with Gasteiger partial charge < -0.3 is 19.3 Å². The van der Waals surface area contributed by atoms with Gasteiger partial charge in [0.2, 0.25) is 6.79 Å². The summed E-state index contributed by atoms with van der Waals surface area (Å²) in [6.45, 7) is 1.36. The van der Waals surface area contributed by atoms with Gasteiger partial charge in [0.15, 0.2) is 23.1 Å². The van der Waals surface area contributed by atoms with E-state index in [1.54, 1.807) is 34.1 Å². The highest BCUT2D eigenvalue weighted by molar-refractivity contribution is 5.95. The number of hydrogen-bond acceptors (Lipinski definition) is 5. The van der Waals surface area contributed by atoms with Crippen LogP contribution < -0.4 is 14.4 Å². The number of carbonyl (C=O) groups is 1. The van der Waals surface area contributed by atoms with Crippen LogP contribution in [0, 0.1) is 23.0 Å². The van der Waals surface area contributed by atoms with Gasteiger partial charge >= 0.3 is 0 Å². The van der Waals surface area contributed by atoms with E-state index in [-0.39, 0.29) is 37.0 Å². The molecule has 0 bridgehead atoms. The van der Waals surface area contributed by atoms with Crippen molar-refractivity contribution in [2.75, 3.05) is 37.9 Å². The fourth-order valence-corrected chi connectivity index (χ4v) is 3.28. The second kappa shape index (κ2) is 6.76. The second-order valence-electron chi connectivity index (χ2n) is 6.25. The molecular weight excluding hydrogens is 356 g/mol. The topological polar surface area (TPSA) is 65.8 Å². The fourth-order valence-electron chi connectivity index (χ4n) is 3.28. The van der Waals surface area contributed by atoms with Crippen molar-refractivity contribution < 1.29 is 23.0 Å². The Hall–Kier alpha value is -3.34. The largest absolute Gasteiger partial charge is 0.454 e. The fraction of sp³-hybridized carbons (Fsp3) is 0.263. The first-order valence-electron chi connectivity index (χ1n) is 8.40. The minimum atomic E-state index is -0.776. The van der Waals surface area contributed by atoms with Crippen LogP contribution in [0.1, 0.15) is 15.9 Å². The Bertz CT molecular complexity index is 927. The quantitative estimate of drug-likeness (QED) is 0.812. The molecule has 0 aliphatic carbocycles. The molecule has 2 heterocycles. The molecule has 1 saturated heterocycles. The monoisotopic (exact) mass is 371 g/mol. The number of rotatable bonds is 2. The number of halogens is 2. The lowest BCUT2D eigenvalue weighted by molar-refractivity contribution is 0.0746. The van der Waals surface area contributed by atoms with Crippen molar-refractivity contribution >= 4 is 11.6 Å². The highest BCUT2D eigenvalue weighted by Crippen LogP contribution is 2.33. The van der Waals surface area contributed by atoms with Gasteiger partial charge in [-0.15, -0.1) is 0 Å². The summed E-state index contributed by atoms with van der Waals surface area (Å²) >= 11 is 0. The predicted octanol–water partition coefficient (Wildman–Crippen LogP) is 2.53. The summed E-state index contributed by atoms with van der Waals surface area (Å²) in [7, 11) is 0. The lowest BCUT2D eigenvalue weighted by Crippen LogP contribution is -2.49. The zero-order valence-electron chi connectivity index (χ0n) is 14.2. The summed E-state index contributed by atoms with van der Waals surface area (Å²) in [5.41, 5.74) is 0.248. The molecule has 0 radical (unpaired) electrons. The lowest BCUT2D eigenvalue weighted by Gasteiger charge is -2.36. The van der Waals surface area contributed by atoms with Gasteiger partial charge in [0.1, 0.15) is 5.69 Å².